The second-order valence-corrected chi connectivity index (χ2v) is 3.37. The predicted octanol–water partition coefficient (Wildman–Crippen LogP) is 0.182. The molecule has 0 atom stereocenters. The minimum absolute atomic E-state index is 0.0415. The fourth-order valence-corrected chi connectivity index (χ4v) is 1.31. The maximum absolute atomic E-state index is 11.2. The lowest BCUT2D eigenvalue weighted by Gasteiger charge is -2.10. The normalized spacial score (nSPS) is 15.7. The fourth-order valence-electron chi connectivity index (χ4n) is 1.21. The Hall–Kier alpha value is -1.69. The summed E-state index contributed by atoms with van der Waals surface area (Å²) in [5.41, 5.74) is 0.518. The monoisotopic (exact) mass is 226 g/mol. The number of imide groups is 1. The molecule has 1 aliphatic rings. The van der Waals surface area contributed by atoms with E-state index < -0.39 is 6.03 Å². The van der Waals surface area contributed by atoms with Crippen molar-refractivity contribution < 1.29 is 9.59 Å². The number of nitrogens with zero attached hydrogens (tertiary/aromatic N) is 3. The molecule has 2 heterocycles. The van der Waals surface area contributed by atoms with E-state index in [0.29, 0.717) is 5.69 Å². The van der Waals surface area contributed by atoms with E-state index in [0.717, 1.165) is 4.90 Å². The van der Waals surface area contributed by atoms with Gasteiger partial charge in [-0.25, -0.2) is 4.79 Å². The molecule has 2 rings (SSSR count). The first-order valence-corrected chi connectivity index (χ1v) is 4.61. The molecule has 78 valence electrons. The summed E-state index contributed by atoms with van der Waals surface area (Å²) in [5, 5.41) is 10.1. The molecule has 1 N–H and O–H groups in total. The van der Waals surface area contributed by atoms with Gasteiger partial charge >= 0.3 is 6.03 Å². The summed E-state index contributed by atoms with van der Waals surface area (Å²) in [6.07, 6.45) is 0. The van der Waals surface area contributed by atoms with Crippen LogP contribution in [0.2, 0.25) is 5.15 Å². The van der Waals surface area contributed by atoms with Crippen molar-refractivity contribution in [2.75, 3.05) is 6.54 Å². The van der Waals surface area contributed by atoms with Gasteiger partial charge in [-0.05, 0) is 12.1 Å². The Bertz CT molecular complexity index is 390. The van der Waals surface area contributed by atoms with Gasteiger partial charge in [0.25, 0.3) is 0 Å². The van der Waals surface area contributed by atoms with E-state index in [-0.39, 0.29) is 24.1 Å². The Morgan fingerprint density at radius 2 is 2.20 bits per heavy atom. The van der Waals surface area contributed by atoms with Gasteiger partial charge in [0.05, 0.1) is 18.8 Å². The predicted molar refractivity (Wildman–Crippen MR) is 51.0 cm³/mol. The molecule has 0 radical (unpaired) electrons. The lowest BCUT2D eigenvalue weighted by Crippen LogP contribution is -2.30. The molecule has 0 aliphatic carbocycles. The van der Waals surface area contributed by atoms with Gasteiger partial charge in [0.2, 0.25) is 5.91 Å². The highest BCUT2D eigenvalue weighted by Gasteiger charge is 2.28. The molecular formula is C8H7ClN4O2. The highest BCUT2D eigenvalue weighted by atomic mass is 35.5. The van der Waals surface area contributed by atoms with E-state index in [1.807, 2.05) is 0 Å². The molecule has 7 heteroatoms. The van der Waals surface area contributed by atoms with Gasteiger partial charge in [-0.1, -0.05) is 11.6 Å². The van der Waals surface area contributed by atoms with Crippen molar-refractivity contribution in [1.29, 1.82) is 0 Å². The van der Waals surface area contributed by atoms with Crippen LogP contribution >= 0.6 is 11.6 Å². The average molecular weight is 227 g/mol. The number of aromatic nitrogens is 2. The number of hydrogen-bond donors (Lipinski definition) is 1. The van der Waals surface area contributed by atoms with Crippen LogP contribution in [0.25, 0.3) is 0 Å². The first-order valence-electron chi connectivity index (χ1n) is 4.23. The van der Waals surface area contributed by atoms with Crippen molar-refractivity contribution in [2.45, 2.75) is 6.54 Å². The fraction of sp³-hybridized carbons (Fsp3) is 0.250. The lowest BCUT2D eigenvalue weighted by molar-refractivity contribution is -0.125. The van der Waals surface area contributed by atoms with Gasteiger partial charge in [0, 0.05) is 0 Å². The minimum Gasteiger partial charge on any atom is -0.329 e. The molecule has 1 saturated heterocycles. The third-order valence-corrected chi connectivity index (χ3v) is 2.15. The third kappa shape index (κ3) is 2.04. The maximum atomic E-state index is 11.2. The van der Waals surface area contributed by atoms with Crippen LogP contribution in [0.15, 0.2) is 12.1 Å². The number of halogens is 1. The van der Waals surface area contributed by atoms with Crippen molar-refractivity contribution in [1.82, 2.24) is 20.4 Å². The molecule has 6 nitrogen and oxygen atoms in total. The molecule has 0 saturated carbocycles. The average Bonchev–Trinajstić information content (AvgIpc) is 2.53. The smallest absolute Gasteiger partial charge is 0.324 e. The van der Waals surface area contributed by atoms with Crippen LogP contribution in [0.4, 0.5) is 4.79 Å². The number of carbonyl (C=O) groups is 2. The second kappa shape index (κ2) is 3.82. The van der Waals surface area contributed by atoms with Crippen LogP contribution in [-0.4, -0.2) is 33.6 Å². The van der Waals surface area contributed by atoms with Gasteiger partial charge in [-0.3, -0.25) is 9.69 Å². The Morgan fingerprint density at radius 1 is 1.40 bits per heavy atom. The summed E-state index contributed by atoms with van der Waals surface area (Å²) >= 11 is 5.55. The largest absolute Gasteiger partial charge is 0.329 e. The topological polar surface area (TPSA) is 75.2 Å². The maximum Gasteiger partial charge on any atom is 0.324 e. The van der Waals surface area contributed by atoms with E-state index >= 15 is 0 Å². The molecule has 0 aromatic carbocycles. The molecule has 0 unspecified atom stereocenters. The summed E-state index contributed by atoms with van der Waals surface area (Å²) < 4.78 is 0. The van der Waals surface area contributed by atoms with Crippen molar-refractivity contribution in [3.05, 3.63) is 23.0 Å². The zero-order valence-electron chi connectivity index (χ0n) is 7.61. The summed E-state index contributed by atoms with van der Waals surface area (Å²) in [7, 11) is 0. The summed E-state index contributed by atoms with van der Waals surface area (Å²) in [6, 6.07) is 2.77. The zero-order valence-corrected chi connectivity index (χ0v) is 8.36. The quantitative estimate of drug-likeness (QED) is 0.730. The van der Waals surface area contributed by atoms with Gasteiger partial charge in [-0.2, -0.15) is 5.10 Å². The molecule has 1 fully saturated rings. The molecule has 15 heavy (non-hydrogen) atoms. The van der Waals surface area contributed by atoms with Gasteiger partial charge in [0.15, 0.2) is 5.15 Å². The van der Waals surface area contributed by atoms with Crippen molar-refractivity contribution >= 4 is 23.5 Å². The standard InChI is InChI=1S/C8H7ClN4O2/c9-6-2-1-5(11-12-6)4-13-7(14)3-10-8(13)15/h1-2H,3-4H2,(H,10,15). The minimum atomic E-state index is -0.406. The molecule has 3 amide bonds. The number of rotatable bonds is 2. The Balaban J connectivity index is 2.11. The molecule has 0 bridgehead atoms. The van der Waals surface area contributed by atoms with Crippen LogP contribution in [0, 0.1) is 0 Å². The van der Waals surface area contributed by atoms with Gasteiger partial charge in [-0.15, -0.1) is 5.10 Å². The number of carbonyl (C=O) groups excluding carboxylic acids is 2. The van der Waals surface area contributed by atoms with Gasteiger partial charge in [0.1, 0.15) is 0 Å². The number of nitrogens with one attached hydrogen (secondary N) is 1. The lowest BCUT2D eigenvalue weighted by atomic mass is 10.3. The van der Waals surface area contributed by atoms with Crippen LogP contribution in [0.5, 0.6) is 0 Å². The van der Waals surface area contributed by atoms with E-state index in [2.05, 4.69) is 15.5 Å². The number of hydrogen-bond acceptors (Lipinski definition) is 4. The van der Waals surface area contributed by atoms with E-state index in [1.165, 1.54) is 0 Å². The van der Waals surface area contributed by atoms with Crippen LogP contribution in [0.1, 0.15) is 5.69 Å². The van der Waals surface area contributed by atoms with Crippen LogP contribution in [0.3, 0.4) is 0 Å². The zero-order chi connectivity index (χ0) is 10.8. The molecule has 1 aromatic rings. The SMILES string of the molecule is O=C1CNC(=O)N1Cc1ccc(Cl)nn1. The third-order valence-electron chi connectivity index (χ3n) is 1.94. The highest BCUT2D eigenvalue weighted by Crippen LogP contribution is 2.07. The Kier molecular flexibility index (Phi) is 2.51. The summed E-state index contributed by atoms with van der Waals surface area (Å²) in [4.78, 5) is 23.5. The highest BCUT2D eigenvalue weighted by molar-refractivity contribution is 6.29. The number of amides is 3. The first kappa shape index (κ1) is 9.85. The van der Waals surface area contributed by atoms with E-state index in [4.69, 9.17) is 11.6 Å². The number of urea groups is 1. The summed E-state index contributed by atoms with van der Waals surface area (Å²) in [6.45, 7) is 0.161. The van der Waals surface area contributed by atoms with E-state index in [9.17, 15) is 9.59 Å². The van der Waals surface area contributed by atoms with Gasteiger partial charge < -0.3 is 5.32 Å². The first-order chi connectivity index (χ1) is 7.16. The molecule has 0 spiro atoms. The second-order valence-electron chi connectivity index (χ2n) is 2.99. The van der Waals surface area contributed by atoms with Crippen molar-refractivity contribution in [3.63, 3.8) is 0 Å². The molecule has 1 aromatic heterocycles. The Labute approximate surface area is 90.2 Å². The van der Waals surface area contributed by atoms with Crippen LogP contribution < -0.4 is 5.32 Å². The Morgan fingerprint density at radius 3 is 2.73 bits per heavy atom. The van der Waals surface area contributed by atoms with E-state index in [1.54, 1.807) is 12.1 Å². The summed E-state index contributed by atoms with van der Waals surface area (Å²) in [5.74, 6) is -0.267. The molecule has 1 aliphatic heterocycles. The van der Waals surface area contributed by atoms with Crippen LogP contribution in [-0.2, 0) is 11.3 Å². The van der Waals surface area contributed by atoms with Crippen molar-refractivity contribution in [2.24, 2.45) is 0 Å². The molecular weight excluding hydrogens is 220 g/mol. The van der Waals surface area contributed by atoms with Crippen molar-refractivity contribution in [3.8, 4) is 0 Å².